The molecule has 0 aromatic rings. The maximum Gasteiger partial charge on any atom is 0.472 e. The Morgan fingerprint density at radius 2 is 0.535 bits per heavy atom. The van der Waals surface area contributed by atoms with Crippen LogP contribution >= 0.6 is 15.6 Å². The first-order chi connectivity index (χ1) is 48.2. The Balaban J connectivity index is 4.40. The van der Waals surface area contributed by atoms with Gasteiger partial charge in [-0.15, -0.1) is 0 Å². The average molecular weight is 1440 g/mol. The van der Waals surface area contributed by atoms with Crippen LogP contribution < -0.4 is 0 Å². The lowest BCUT2D eigenvalue weighted by molar-refractivity contribution is -0.161. The van der Waals surface area contributed by atoms with Gasteiger partial charge >= 0.3 is 33.6 Å². The summed E-state index contributed by atoms with van der Waals surface area (Å²) in [5, 5.41) is 20.6. The normalized spacial score (nSPS) is 14.5. The lowest BCUT2D eigenvalue weighted by atomic mass is 10.0. The van der Waals surface area contributed by atoms with E-state index in [0.717, 1.165) is 141 Å². The van der Waals surface area contributed by atoms with E-state index < -0.39 is 91.5 Å². The third-order valence-electron chi connectivity index (χ3n) is 16.8. The molecule has 0 heterocycles. The summed E-state index contributed by atoms with van der Waals surface area (Å²) in [7, 11) is -9.78. The Morgan fingerprint density at radius 3 is 0.859 bits per heavy atom. The van der Waals surface area contributed by atoms with Gasteiger partial charge in [-0.1, -0.05) is 298 Å². The van der Waals surface area contributed by atoms with E-state index in [0.29, 0.717) is 19.3 Å². The van der Waals surface area contributed by atoms with Gasteiger partial charge < -0.3 is 34.2 Å². The average Bonchev–Trinajstić information content (AvgIpc) is 1.43. The number of hydrogen-bond donors (Lipinski definition) is 4. The number of aliphatic hydroxyl groups excluding tert-OH is 2. The molecule has 574 valence electrons. The SMILES string of the molecule is CC/C=C\C/C=C\C/C=C\C/C=C\C/C=C\C/C=C\CCCCCCCCCCCCCCCCC(=O)OCC(O)COP(=O)(O)OCC(O)COP(=O)(O)OCC(COC(=O)CCCCCCC/C=C\CCCCCCCC)OC(=O)CCCCCCC/C=C\CCCCCCCC. The monoisotopic (exact) mass is 1430 g/mol. The van der Waals surface area contributed by atoms with Crippen molar-refractivity contribution in [1.82, 2.24) is 0 Å². The zero-order valence-electron chi connectivity index (χ0n) is 62.6. The van der Waals surface area contributed by atoms with Crippen molar-refractivity contribution >= 4 is 33.6 Å². The van der Waals surface area contributed by atoms with Crippen molar-refractivity contribution in [1.29, 1.82) is 0 Å². The molecule has 0 amide bonds. The predicted octanol–water partition coefficient (Wildman–Crippen LogP) is 23.0. The summed E-state index contributed by atoms with van der Waals surface area (Å²) in [6.07, 6.45) is 84.7. The Hall–Kier alpha value is -3.53. The summed E-state index contributed by atoms with van der Waals surface area (Å²) < 4.78 is 61.1. The van der Waals surface area contributed by atoms with Gasteiger partial charge in [-0.2, -0.15) is 0 Å². The molecule has 0 aliphatic carbocycles. The standard InChI is InChI=1S/C81H144O16P2/c1-4-7-10-13-16-19-22-25-28-29-30-31-32-33-34-35-36-37-38-39-40-41-42-43-44-45-48-50-52-55-58-61-64-67-79(84)91-70-76(82)71-93-98(87,88)94-72-77(83)73-95-99(89,90)96-75-78(97-81(86)69-66-63-60-57-54-51-47-27-24-21-18-15-12-9-6-3)74-92-80(85)68-65-62-59-56-53-49-46-26-23-20-17-14-11-8-5-2/h7,10,16,19,25-28,30-31,33-34,36-37,46-47,76-78,82-83H,4-6,8-9,11-15,17-18,20-24,29,32,35,38-45,48-75H2,1-3H3,(H,87,88)(H,89,90)/b10-7-,19-16-,28-25-,31-30-,34-33-,37-36-,46-26-,47-27-. The number of allylic oxidation sites excluding steroid dienone is 16. The number of aliphatic hydroxyl groups is 2. The molecule has 5 unspecified atom stereocenters. The van der Waals surface area contributed by atoms with Crippen LogP contribution in [0.4, 0.5) is 0 Å². The first-order valence-corrected chi connectivity index (χ1v) is 42.5. The Kier molecular flexibility index (Phi) is 71.6. The highest BCUT2D eigenvalue weighted by Gasteiger charge is 2.29. The minimum Gasteiger partial charge on any atom is -0.463 e. The number of hydrogen-bond acceptors (Lipinski definition) is 14. The van der Waals surface area contributed by atoms with Crippen LogP contribution in [0.2, 0.25) is 0 Å². The number of carbonyl (C=O) groups excluding carboxylic acids is 3. The van der Waals surface area contributed by atoms with Crippen molar-refractivity contribution in [3.05, 3.63) is 97.2 Å². The second kappa shape index (κ2) is 74.2. The van der Waals surface area contributed by atoms with Gasteiger partial charge in [-0.3, -0.25) is 32.5 Å². The number of rotatable bonds is 75. The van der Waals surface area contributed by atoms with E-state index in [1.54, 1.807) is 0 Å². The van der Waals surface area contributed by atoms with Crippen molar-refractivity contribution in [2.24, 2.45) is 0 Å². The summed E-state index contributed by atoms with van der Waals surface area (Å²) in [4.78, 5) is 58.5. The molecule has 0 aromatic heterocycles. The molecule has 0 saturated carbocycles. The Morgan fingerprint density at radius 1 is 0.293 bits per heavy atom. The highest BCUT2D eigenvalue weighted by atomic mass is 31.2. The number of esters is 3. The third-order valence-corrected chi connectivity index (χ3v) is 18.7. The van der Waals surface area contributed by atoms with Crippen LogP contribution in [0.5, 0.6) is 0 Å². The molecule has 4 N–H and O–H groups in total. The van der Waals surface area contributed by atoms with Crippen LogP contribution in [0.3, 0.4) is 0 Å². The molecule has 0 spiro atoms. The Bertz CT molecular complexity index is 2190. The molecule has 5 atom stereocenters. The van der Waals surface area contributed by atoms with Gasteiger partial charge in [0, 0.05) is 19.3 Å². The number of phosphoric acid groups is 2. The van der Waals surface area contributed by atoms with Gasteiger partial charge in [0.05, 0.1) is 26.4 Å². The maximum absolute atomic E-state index is 12.9. The van der Waals surface area contributed by atoms with E-state index in [4.69, 9.17) is 32.3 Å². The van der Waals surface area contributed by atoms with Crippen LogP contribution in [0.25, 0.3) is 0 Å². The van der Waals surface area contributed by atoms with Crippen molar-refractivity contribution in [3.63, 3.8) is 0 Å². The van der Waals surface area contributed by atoms with Gasteiger partial charge in [-0.05, 0) is 122 Å². The minimum atomic E-state index is -4.93. The number of phosphoric ester groups is 2. The number of ether oxygens (including phenoxy) is 3. The van der Waals surface area contributed by atoms with Gasteiger partial charge in [-0.25, -0.2) is 9.13 Å². The molecule has 0 aliphatic rings. The first kappa shape index (κ1) is 95.5. The third kappa shape index (κ3) is 75.5. The fraction of sp³-hybridized carbons (Fsp3) is 0.765. The van der Waals surface area contributed by atoms with Crippen LogP contribution in [-0.2, 0) is 55.8 Å². The lowest BCUT2D eigenvalue weighted by Crippen LogP contribution is -2.30. The summed E-state index contributed by atoms with van der Waals surface area (Å²) in [5.41, 5.74) is 0. The van der Waals surface area contributed by atoms with Crippen LogP contribution in [0, 0.1) is 0 Å². The molecule has 0 aromatic carbocycles. The van der Waals surface area contributed by atoms with Crippen molar-refractivity contribution in [3.8, 4) is 0 Å². The number of unbranched alkanes of at least 4 members (excludes halogenated alkanes) is 36. The van der Waals surface area contributed by atoms with E-state index in [9.17, 15) is 43.5 Å². The van der Waals surface area contributed by atoms with Gasteiger partial charge in [0.1, 0.15) is 25.4 Å². The van der Waals surface area contributed by atoms with Gasteiger partial charge in [0.25, 0.3) is 0 Å². The molecule has 0 fully saturated rings. The molecule has 16 nitrogen and oxygen atoms in total. The predicted molar refractivity (Wildman–Crippen MR) is 408 cm³/mol. The molecular weight excluding hydrogens is 1290 g/mol. The van der Waals surface area contributed by atoms with Crippen molar-refractivity contribution in [2.75, 3.05) is 39.6 Å². The first-order valence-electron chi connectivity index (χ1n) is 39.5. The highest BCUT2D eigenvalue weighted by Crippen LogP contribution is 2.45. The molecule has 0 rings (SSSR count). The lowest BCUT2D eigenvalue weighted by Gasteiger charge is -2.21. The summed E-state index contributed by atoms with van der Waals surface area (Å²) >= 11 is 0. The fourth-order valence-electron chi connectivity index (χ4n) is 10.7. The van der Waals surface area contributed by atoms with E-state index in [2.05, 4.69) is 118 Å². The zero-order chi connectivity index (χ0) is 72.3. The summed E-state index contributed by atoms with van der Waals surface area (Å²) in [6.45, 7) is 2.57. The molecular formula is C81H144O16P2. The highest BCUT2D eigenvalue weighted by molar-refractivity contribution is 7.47. The van der Waals surface area contributed by atoms with E-state index >= 15 is 0 Å². The minimum absolute atomic E-state index is 0.0956. The largest absolute Gasteiger partial charge is 0.472 e. The molecule has 0 bridgehead atoms. The summed E-state index contributed by atoms with van der Waals surface area (Å²) in [6, 6.07) is 0. The van der Waals surface area contributed by atoms with Crippen molar-refractivity contribution < 1.29 is 75.8 Å². The molecule has 18 heteroatoms. The molecule has 0 aliphatic heterocycles. The van der Waals surface area contributed by atoms with E-state index in [-0.39, 0.29) is 19.3 Å². The molecule has 0 saturated heterocycles. The van der Waals surface area contributed by atoms with E-state index in [1.165, 1.54) is 141 Å². The Labute approximate surface area is 603 Å². The zero-order valence-corrected chi connectivity index (χ0v) is 64.4. The van der Waals surface area contributed by atoms with E-state index in [1.807, 2.05) is 0 Å². The summed E-state index contributed by atoms with van der Waals surface area (Å²) in [5.74, 6) is -1.58. The molecule has 0 radical (unpaired) electrons. The van der Waals surface area contributed by atoms with Crippen LogP contribution in [0.15, 0.2) is 97.2 Å². The van der Waals surface area contributed by atoms with Gasteiger partial charge in [0.2, 0.25) is 0 Å². The van der Waals surface area contributed by atoms with Gasteiger partial charge in [0.15, 0.2) is 6.10 Å². The fourth-order valence-corrected chi connectivity index (χ4v) is 12.3. The quantitative estimate of drug-likeness (QED) is 0.0146. The van der Waals surface area contributed by atoms with Crippen LogP contribution in [-0.4, -0.2) is 95.9 Å². The van der Waals surface area contributed by atoms with Crippen LogP contribution in [0.1, 0.15) is 342 Å². The van der Waals surface area contributed by atoms with Crippen molar-refractivity contribution in [2.45, 2.75) is 360 Å². The molecule has 99 heavy (non-hydrogen) atoms. The smallest absolute Gasteiger partial charge is 0.463 e. The second-order valence-corrected chi connectivity index (χ2v) is 29.4. The topological polar surface area (TPSA) is 231 Å². The number of carbonyl (C=O) groups is 3. The second-order valence-electron chi connectivity index (χ2n) is 26.5. The maximum atomic E-state index is 12.9.